The predicted octanol–water partition coefficient (Wildman–Crippen LogP) is 1.45. The number of nitrogens with one attached hydrogen (secondary N) is 1. The largest absolute Gasteiger partial charge is 0.311 e. The van der Waals surface area contributed by atoms with Crippen LogP contribution in [0.4, 0.5) is 0 Å². The van der Waals surface area contributed by atoms with Gasteiger partial charge in [-0.05, 0) is 13.0 Å². The first-order valence-corrected chi connectivity index (χ1v) is 4.43. The molecular weight excluding hydrogens is 158 g/mol. The number of nitrogens with zero attached hydrogens (tertiary/aromatic N) is 2. The molecule has 0 saturated carbocycles. The summed E-state index contributed by atoms with van der Waals surface area (Å²) in [6.45, 7) is 4.33. The molecule has 1 heterocycles. The van der Waals surface area contributed by atoms with E-state index in [-0.39, 0.29) is 0 Å². The van der Waals surface area contributed by atoms with Crippen LogP contribution in [0, 0.1) is 5.92 Å². The molecule has 0 aliphatic rings. The van der Waals surface area contributed by atoms with Gasteiger partial charge in [0.2, 0.25) is 0 Å². The highest BCUT2D eigenvalue weighted by molar-refractivity contribution is 6.99. The van der Waals surface area contributed by atoms with Crippen molar-refractivity contribution in [3.8, 4) is 0 Å². The summed E-state index contributed by atoms with van der Waals surface area (Å²) in [4.78, 5) is 0. The Kier molecular flexibility index (Phi) is 2.96. The summed E-state index contributed by atoms with van der Waals surface area (Å²) in [6.07, 6.45) is 1.83. The maximum atomic E-state index is 4.18. The lowest BCUT2D eigenvalue weighted by Gasteiger charge is -2.16. The molecule has 0 saturated heterocycles. The maximum Gasteiger partial charge on any atom is 0.0914 e. The van der Waals surface area contributed by atoms with Gasteiger partial charge in [0, 0.05) is 0 Å². The zero-order valence-corrected chi connectivity index (χ0v) is 7.85. The molecule has 1 N–H and O–H groups in total. The zero-order valence-electron chi connectivity index (χ0n) is 7.03. The summed E-state index contributed by atoms with van der Waals surface area (Å²) in [5.74, 6) is 0.559. The van der Waals surface area contributed by atoms with E-state index in [2.05, 4.69) is 27.9 Å². The van der Waals surface area contributed by atoms with Crippen molar-refractivity contribution in [2.45, 2.75) is 19.9 Å². The number of aromatic nitrogens is 2. The molecule has 1 aromatic heterocycles. The quantitative estimate of drug-likeness (QED) is 0.748. The Morgan fingerprint density at radius 3 is 2.64 bits per heavy atom. The minimum absolute atomic E-state index is 0.341. The van der Waals surface area contributed by atoms with E-state index in [0.717, 1.165) is 5.69 Å². The van der Waals surface area contributed by atoms with Crippen molar-refractivity contribution < 1.29 is 0 Å². The lowest BCUT2D eigenvalue weighted by Crippen LogP contribution is -2.21. The van der Waals surface area contributed by atoms with Gasteiger partial charge in [-0.25, -0.2) is 0 Å². The molecule has 0 aliphatic heterocycles. The Morgan fingerprint density at radius 2 is 2.27 bits per heavy atom. The highest BCUT2D eigenvalue weighted by atomic mass is 32.1. The molecule has 0 radical (unpaired) electrons. The molecule has 1 aromatic rings. The summed E-state index contributed by atoms with van der Waals surface area (Å²) < 4.78 is 8.14. The van der Waals surface area contributed by atoms with Crippen LogP contribution in [0.5, 0.6) is 0 Å². The number of hydrogen-bond acceptors (Lipinski definition) is 4. The van der Waals surface area contributed by atoms with Crippen LogP contribution in [0.1, 0.15) is 25.6 Å². The lowest BCUT2D eigenvalue weighted by molar-refractivity contribution is 0.436. The highest BCUT2D eigenvalue weighted by Crippen LogP contribution is 2.18. The fourth-order valence-electron chi connectivity index (χ4n) is 1.13. The van der Waals surface area contributed by atoms with Crippen molar-refractivity contribution in [3.05, 3.63) is 11.9 Å². The lowest BCUT2D eigenvalue weighted by atomic mass is 10.0. The van der Waals surface area contributed by atoms with Crippen LogP contribution in [0.2, 0.25) is 0 Å². The fourth-order valence-corrected chi connectivity index (χ4v) is 1.59. The van der Waals surface area contributed by atoms with Crippen molar-refractivity contribution in [3.63, 3.8) is 0 Å². The third-order valence-corrected chi connectivity index (χ3v) is 2.17. The van der Waals surface area contributed by atoms with Crippen LogP contribution in [-0.2, 0) is 0 Å². The normalized spacial score (nSPS) is 13.8. The number of rotatable bonds is 3. The van der Waals surface area contributed by atoms with Gasteiger partial charge in [-0.1, -0.05) is 13.8 Å². The summed E-state index contributed by atoms with van der Waals surface area (Å²) in [7, 11) is 1.95. The molecule has 0 bridgehead atoms. The Labute approximate surface area is 71.2 Å². The average Bonchev–Trinajstić information content (AvgIpc) is 2.40. The molecule has 0 aliphatic carbocycles. The summed E-state index contributed by atoms with van der Waals surface area (Å²) in [6, 6.07) is 0.341. The van der Waals surface area contributed by atoms with Gasteiger partial charge in [-0.3, -0.25) is 0 Å². The van der Waals surface area contributed by atoms with Crippen molar-refractivity contribution in [2.24, 2.45) is 5.92 Å². The molecule has 1 unspecified atom stereocenters. The standard InChI is InChI=1S/C7H13N3S/c1-5(2)7(8-3)6-4-9-11-10-6/h4-5,7-8H,1-3H3. The van der Waals surface area contributed by atoms with Crippen molar-refractivity contribution >= 4 is 11.7 Å². The van der Waals surface area contributed by atoms with Crippen molar-refractivity contribution in [1.29, 1.82) is 0 Å². The van der Waals surface area contributed by atoms with E-state index in [1.54, 1.807) is 0 Å². The average molecular weight is 171 g/mol. The van der Waals surface area contributed by atoms with Crippen LogP contribution in [0.3, 0.4) is 0 Å². The summed E-state index contributed by atoms with van der Waals surface area (Å²) in [5.41, 5.74) is 1.05. The summed E-state index contributed by atoms with van der Waals surface area (Å²) >= 11 is 1.26. The fraction of sp³-hybridized carbons (Fsp3) is 0.714. The molecule has 0 amide bonds. The topological polar surface area (TPSA) is 37.8 Å². The smallest absolute Gasteiger partial charge is 0.0914 e. The van der Waals surface area contributed by atoms with Crippen molar-refractivity contribution in [2.75, 3.05) is 7.05 Å². The van der Waals surface area contributed by atoms with Crippen LogP contribution in [0.25, 0.3) is 0 Å². The molecule has 0 fully saturated rings. The minimum atomic E-state index is 0.341. The zero-order chi connectivity index (χ0) is 8.27. The Balaban J connectivity index is 2.71. The Bertz CT molecular complexity index is 195. The van der Waals surface area contributed by atoms with E-state index in [1.807, 2.05) is 13.2 Å². The second kappa shape index (κ2) is 3.78. The first kappa shape index (κ1) is 8.62. The predicted molar refractivity (Wildman–Crippen MR) is 46.5 cm³/mol. The highest BCUT2D eigenvalue weighted by Gasteiger charge is 2.15. The van der Waals surface area contributed by atoms with Crippen LogP contribution >= 0.6 is 11.7 Å². The summed E-state index contributed by atoms with van der Waals surface area (Å²) in [5, 5.41) is 3.21. The van der Waals surface area contributed by atoms with E-state index < -0.39 is 0 Å². The van der Waals surface area contributed by atoms with E-state index in [4.69, 9.17) is 0 Å². The van der Waals surface area contributed by atoms with Crippen LogP contribution in [0.15, 0.2) is 6.20 Å². The Morgan fingerprint density at radius 1 is 1.55 bits per heavy atom. The molecule has 11 heavy (non-hydrogen) atoms. The Hall–Kier alpha value is -0.480. The molecule has 0 aromatic carbocycles. The molecule has 1 rings (SSSR count). The maximum absolute atomic E-state index is 4.18. The van der Waals surface area contributed by atoms with Gasteiger partial charge in [0.25, 0.3) is 0 Å². The van der Waals surface area contributed by atoms with Gasteiger partial charge in [-0.15, -0.1) is 0 Å². The number of hydrogen-bond donors (Lipinski definition) is 1. The van der Waals surface area contributed by atoms with Gasteiger partial charge in [-0.2, -0.15) is 8.75 Å². The van der Waals surface area contributed by atoms with Gasteiger partial charge in [0.05, 0.1) is 29.7 Å². The van der Waals surface area contributed by atoms with Gasteiger partial charge < -0.3 is 5.32 Å². The van der Waals surface area contributed by atoms with Crippen LogP contribution in [-0.4, -0.2) is 15.8 Å². The van der Waals surface area contributed by atoms with E-state index >= 15 is 0 Å². The van der Waals surface area contributed by atoms with Gasteiger partial charge in [0.1, 0.15) is 0 Å². The first-order chi connectivity index (χ1) is 5.25. The minimum Gasteiger partial charge on any atom is -0.311 e. The molecular formula is C7H13N3S. The monoisotopic (exact) mass is 171 g/mol. The third kappa shape index (κ3) is 1.97. The molecule has 1 atom stereocenters. The second-order valence-corrected chi connectivity index (χ2v) is 3.40. The first-order valence-electron chi connectivity index (χ1n) is 3.70. The van der Waals surface area contributed by atoms with E-state index in [1.165, 1.54) is 11.7 Å². The SMILES string of the molecule is CNC(c1cnsn1)C(C)C. The van der Waals surface area contributed by atoms with Crippen molar-refractivity contribution in [1.82, 2.24) is 14.1 Å². The molecule has 3 nitrogen and oxygen atoms in total. The van der Waals surface area contributed by atoms with E-state index in [0.29, 0.717) is 12.0 Å². The van der Waals surface area contributed by atoms with E-state index in [9.17, 15) is 0 Å². The second-order valence-electron chi connectivity index (χ2n) is 2.84. The molecule has 62 valence electrons. The molecule has 0 spiro atoms. The molecule has 4 heteroatoms. The third-order valence-electron chi connectivity index (χ3n) is 1.67. The van der Waals surface area contributed by atoms with Crippen LogP contribution < -0.4 is 5.32 Å². The van der Waals surface area contributed by atoms with Gasteiger partial charge in [0.15, 0.2) is 0 Å². The van der Waals surface area contributed by atoms with Gasteiger partial charge >= 0.3 is 0 Å².